The first-order valence-electron chi connectivity index (χ1n) is 9.48. The number of fused-ring (bicyclic) bond motifs is 3. The Kier molecular flexibility index (Phi) is 3.40. The molecule has 1 saturated carbocycles. The van der Waals surface area contributed by atoms with Crippen molar-refractivity contribution in [2.45, 2.75) is 38.3 Å². The quantitative estimate of drug-likeness (QED) is 0.503. The van der Waals surface area contributed by atoms with Crippen LogP contribution in [0.2, 0.25) is 0 Å². The van der Waals surface area contributed by atoms with E-state index < -0.39 is 5.60 Å². The number of hydrogen-bond donors (Lipinski definition) is 3. The summed E-state index contributed by atoms with van der Waals surface area (Å²) in [5.41, 5.74) is 0.386. The van der Waals surface area contributed by atoms with Gasteiger partial charge in [-0.15, -0.1) is 0 Å². The van der Waals surface area contributed by atoms with Crippen LogP contribution in [0.3, 0.4) is 0 Å². The minimum absolute atomic E-state index is 0.0286. The van der Waals surface area contributed by atoms with Gasteiger partial charge in [0.05, 0.1) is 18.2 Å². The Hall–Kier alpha value is -2.79. The van der Waals surface area contributed by atoms with Crippen LogP contribution < -0.4 is 0 Å². The van der Waals surface area contributed by atoms with Crippen LogP contribution in [0.4, 0.5) is 0 Å². The molecule has 5 nitrogen and oxygen atoms in total. The molecular weight excluding hydrogens is 338 g/mol. The van der Waals surface area contributed by atoms with E-state index in [1.165, 1.54) is 0 Å². The van der Waals surface area contributed by atoms with Crippen molar-refractivity contribution in [1.29, 1.82) is 0 Å². The van der Waals surface area contributed by atoms with Gasteiger partial charge in [-0.3, -0.25) is 0 Å². The van der Waals surface area contributed by atoms with Gasteiger partial charge in [0.2, 0.25) is 0 Å². The molecule has 3 N–H and O–H groups in total. The maximum atomic E-state index is 11.5. The maximum Gasteiger partial charge on any atom is 0.199 e. The van der Waals surface area contributed by atoms with Crippen LogP contribution >= 0.6 is 0 Å². The Balaban J connectivity index is 1.71. The Morgan fingerprint density at radius 3 is 2.59 bits per heavy atom. The van der Waals surface area contributed by atoms with Crippen LogP contribution in [0.5, 0.6) is 5.88 Å². The van der Waals surface area contributed by atoms with Gasteiger partial charge < -0.3 is 19.8 Å². The lowest BCUT2D eigenvalue weighted by molar-refractivity contribution is 0.0281. The molecule has 1 fully saturated rings. The summed E-state index contributed by atoms with van der Waals surface area (Å²) in [6, 6.07) is 10.5. The highest BCUT2D eigenvalue weighted by Gasteiger charge is 2.37. The van der Waals surface area contributed by atoms with E-state index in [9.17, 15) is 10.2 Å². The highest BCUT2D eigenvalue weighted by molar-refractivity contribution is 6.09. The number of H-pyrrole nitrogens is 1. The number of hydrogen-bond acceptors (Lipinski definition) is 3. The first-order valence-corrected chi connectivity index (χ1v) is 9.48. The fourth-order valence-electron chi connectivity index (χ4n) is 4.16. The fraction of sp³-hybridized carbons (Fsp3) is 0.318. The summed E-state index contributed by atoms with van der Waals surface area (Å²) >= 11 is 0. The summed E-state index contributed by atoms with van der Waals surface area (Å²) in [5.74, 6) is 0.328. The zero-order valence-corrected chi connectivity index (χ0v) is 15.5. The molecular formula is C22H23N3O2. The van der Waals surface area contributed by atoms with E-state index in [1.807, 2.05) is 48.7 Å². The van der Waals surface area contributed by atoms with Crippen LogP contribution in [-0.2, 0) is 5.60 Å². The molecule has 1 atom stereocenters. The second kappa shape index (κ2) is 5.60. The Bertz CT molecular complexity index is 1140. The second-order valence-electron chi connectivity index (χ2n) is 7.94. The summed E-state index contributed by atoms with van der Waals surface area (Å²) in [6.07, 6.45) is 7.59. The molecule has 2 aromatic heterocycles. The third-order valence-electron chi connectivity index (χ3n) is 5.94. The number of imidazole rings is 1. The minimum Gasteiger partial charge on any atom is -0.494 e. The number of aliphatic hydroxyl groups is 1. The van der Waals surface area contributed by atoms with E-state index in [0.717, 1.165) is 39.9 Å². The van der Waals surface area contributed by atoms with Crippen molar-refractivity contribution < 1.29 is 10.2 Å². The number of aromatic amines is 1. The van der Waals surface area contributed by atoms with E-state index in [4.69, 9.17) is 0 Å². The molecule has 1 unspecified atom stereocenters. The Morgan fingerprint density at radius 2 is 1.93 bits per heavy atom. The lowest BCUT2D eigenvalue weighted by Crippen LogP contribution is -2.33. The molecule has 1 aliphatic carbocycles. The number of rotatable bonds is 4. The predicted octanol–water partition coefficient (Wildman–Crippen LogP) is 4.45. The first kappa shape index (κ1) is 16.4. The smallest absolute Gasteiger partial charge is 0.199 e. The second-order valence-corrected chi connectivity index (χ2v) is 7.94. The number of aromatic hydroxyl groups is 1. The van der Waals surface area contributed by atoms with E-state index in [1.54, 1.807) is 12.5 Å². The Labute approximate surface area is 157 Å². The number of nitrogens with one attached hydrogen (secondary N) is 1. The monoisotopic (exact) mass is 361 g/mol. The highest BCUT2D eigenvalue weighted by atomic mass is 16.3. The molecule has 4 aromatic rings. The van der Waals surface area contributed by atoms with Crippen LogP contribution in [0, 0.1) is 5.92 Å². The molecule has 138 valence electrons. The maximum absolute atomic E-state index is 11.5. The molecule has 0 bridgehead atoms. The molecule has 1 aliphatic rings. The molecule has 2 aromatic carbocycles. The van der Waals surface area contributed by atoms with E-state index in [2.05, 4.69) is 16.2 Å². The van der Waals surface area contributed by atoms with Gasteiger partial charge in [-0.2, -0.15) is 0 Å². The number of benzene rings is 2. The third kappa shape index (κ3) is 2.31. The van der Waals surface area contributed by atoms with Gasteiger partial charge in [0.25, 0.3) is 0 Å². The van der Waals surface area contributed by atoms with E-state index >= 15 is 0 Å². The molecule has 2 heterocycles. The summed E-state index contributed by atoms with van der Waals surface area (Å²) in [5, 5.41) is 26.1. The molecule has 5 rings (SSSR count). The van der Waals surface area contributed by atoms with Crippen LogP contribution in [-0.4, -0.2) is 24.7 Å². The van der Waals surface area contributed by atoms with Crippen molar-refractivity contribution in [2.75, 3.05) is 0 Å². The van der Waals surface area contributed by atoms with Gasteiger partial charge in [-0.25, -0.2) is 4.98 Å². The van der Waals surface area contributed by atoms with Crippen molar-refractivity contribution in [3.8, 4) is 5.88 Å². The molecule has 27 heavy (non-hydrogen) atoms. The van der Waals surface area contributed by atoms with Crippen molar-refractivity contribution in [2.24, 2.45) is 5.92 Å². The van der Waals surface area contributed by atoms with Gasteiger partial charge in [0.1, 0.15) is 5.60 Å². The highest BCUT2D eigenvalue weighted by Crippen LogP contribution is 2.44. The van der Waals surface area contributed by atoms with Gasteiger partial charge in [0.15, 0.2) is 5.88 Å². The molecule has 5 heteroatoms. The number of aromatic nitrogens is 3. The van der Waals surface area contributed by atoms with Gasteiger partial charge in [-0.05, 0) is 47.2 Å². The largest absolute Gasteiger partial charge is 0.494 e. The molecule has 0 amide bonds. The van der Waals surface area contributed by atoms with E-state index in [-0.39, 0.29) is 5.92 Å². The molecule has 0 saturated heterocycles. The standard InChI is InChI=1S/C22H23N3O2/c1-13(2)22(27,20-10-23-12-24-20)15-4-8-17-14(9-15)3-7-18-19(17)11-25(21(18)26)16-5-6-16/h3-4,7-13,16,26-27H,5-6H2,1-2H3,(H,23,24). The third-order valence-corrected chi connectivity index (χ3v) is 5.94. The van der Waals surface area contributed by atoms with Gasteiger partial charge in [-0.1, -0.05) is 32.0 Å². The van der Waals surface area contributed by atoms with Crippen LogP contribution in [0.15, 0.2) is 49.1 Å². The molecule has 0 radical (unpaired) electrons. The van der Waals surface area contributed by atoms with Crippen molar-refractivity contribution in [3.63, 3.8) is 0 Å². The van der Waals surface area contributed by atoms with Crippen LogP contribution in [0.1, 0.15) is 44.0 Å². The van der Waals surface area contributed by atoms with Gasteiger partial charge >= 0.3 is 0 Å². The zero-order valence-electron chi connectivity index (χ0n) is 15.5. The average Bonchev–Trinajstić information content (AvgIpc) is 3.24. The summed E-state index contributed by atoms with van der Waals surface area (Å²) in [4.78, 5) is 7.16. The summed E-state index contributed by atoms with van der Waals surface area (Å²) in [7, 11) is 0. The van der Waals surface area contributed by atoms with Crippen LogP contribution in [0.25, 0.3) is 21.5 Å². The van der Waals surface area contributed by atoms with Crippen molar-refractivity contribution in [3.05, 3.63) is 60.3 Å². The fourth-order valence-corrected chi connectivity index (χ4v) is 4.16. The summed E-state index contributed by atoms with van der Waals surface area (Å²) in [6.45, 7) is 4.00. The SMILES string of the molecule is CC(C)C(O)(c1ccc2c(ccc3c(O)n(C4CC4)cc32)c1)c1cnc[nH]1. The van der Waals surface area contributed by atoms with Crippen molar-refractivity contribution in [1.82, 2.24) is 14.5 Å². The average molecular weight is 361 g/mol. The molecule has 0 spiro atoms. The Morgan fingerprint density at radius 1 is 1.15 bits per heavy atom. The molecule has 0 aliphatic heterocycles. The first-order chi connectivity index (χ1) is 13.0. The zero-order chi connectivity index (χ0) is 18.8. The lowest BCUT2D eigenvalue weighted by Gasteiger charge is -2.32. The lowest BCUT2D eigenvalue weighted by atomic mass is 9.80. The van der Waals surface area contributed by atoms with Crippen molar-refractivity contribution >= 4 is 21.5 Å². The topological polar surface area (TPSA) is 74.1 Å². The summed E-state index contributed by atoms with van der Waals surface area (Å²) < 4.78 is 1.99. The number of nitrogens with zero attached hydrogens (tertiary/aromatic N) is 2. The predicted molar refractivity (Wildman–Crippen MR) is 106 cm³/mol. The normalized spacial score (nSPS) is 17.0. The van der Waals surface area contributed by atoms with E-state index in [0.29, 0.717) is 17.6 Å². The van der Waals surface area contributed by atoms with Gasteiger partial charge in [0, 0.05) is 23.0 Å². The minimum atomic E-state index is -1.14.